The quantitative estimate of drug-likeness (QED) is 0.729. The number of hydrogen-bond acceptors (Lipinski definition) is 3. The fourth-order valence-electron chi connectivity index (χ4n) is 1.93. The fourth-order valence-corrected chi connectivity index (χ4v) is 2.96. The number of fused-ring (bicyclic) bond motifs is 1. The summed E-state index contributed by atoms with van der Waals surface area (Å²) in [5.41, 5.74) is 1.15. The lowest BCUT2D eigenvalue weighted by Gasteiger charge is -2.03. The molecule has 0 radical (unpaired) electrons. The molecule has 0 saturated heterocycles. The summed E-state index contributed by atoms with van der Waals surface area (Å²) in [6.07, 6.45) is 2.91. The van der Waals surface area contributed by atoms with Gasteiger partial charge in [-0.1, -0.05) is 41.7 Å². The molecule has 0 saturated carbocycles. The van der Waals surface area contributed by atoms with Gasteiger partial charge in [0, 0.05) is 13.1 Å². The Bertz CT molecular complexity index is 697. The lowest BCUT2D eigenvalue weighted by molar-refractivity contribution is 0.573. The maximum Gasteiger partial charge on any atom is 0.270 e. The molecule has 3 nitrogen and oxygen atoms in total. The number of aromatic nitrogens is 1. The van der Waals surface area contributed by atoms with E-state index in [1.165, 1.54) is 11.3 Å². The topological polar surface area (TPSA) is 34.4 Å². The van der Waals surface area contributed by atoms with Crippen LogP contribution in [0.15, 0.2) is 40.1 Å². The number of thiazole rings is 1. The molecule has 1 aliphatic heterocycles. The first-order chi connectivity index (χ1) is 8.34. The third kappa shape index (κ3) is 1.96. The highest BCUT2D eigenvalue weighted by Gasteiger charge is 2.08. The van der Waals surface area contributed by atoms with E-state index in [-0.39, 0.29) is 5.56 Å². The molecule has 4 heteroatoms. The molecule has 0 fully saturated rings. The van der Waals surface area contributed by atoms with Crippen molar-refractivity contribution in [3.05, 3.63) is 55.6 Å². The van der Waals surface area contributed by atoms with E-state index in [1.807, 2.05) is 36.4 Å². The van der Waals surface area contributed by atoms with E-state index in [0.29, 0.717) is 0 Å². The van der Waals surface area contributed by atoms with Crippen LogP contribution in [0.3, 0.4) is 0 Å². The van der Waals surface area contributed by atoms with E-state index >= 15 is 0 Å². The van der Waals surface area contributed by atoms with Crippen molar-refractivity contribution in [3.8, 4) is 0 Å². The van der Waals surface area contributed by atoms with Crippen LogP contribution >= 0.6 is 11.3 Å². The van der Waals surface area contributed by atoms with Crippen LogP contribution in [0.25, 0.3) is 6.08 Å². The number of hydrogen-bond donors (Lipinski definition) is 0. The Morgan fingerprint density at radius 3 is 2.88 bits per heavy atom. The second-order valence-corrected chi connectivity index (χ2v) is 5.01. The van der Waals surface area contributed by atoms with Gasteiger partial charge >= 0.3 is 0 Å². The van der Waals surface area contributed by atoms with Crippen molar-refractivity contribution in [1.82, 2.24) is 4.57 Å². The summed E-state index contributed by atoms with van der Waals surface area (Å²) < 4.78 is 2.56. The average Bonchev–Trinajstić information content (AvgIpc) is 2.68. The van der Waals surface area contributed by atoms with Gasteiger partial charge in [0.15, 0.2) is 4.80 Å². The van der Waals surface area contributed by atoms with Gasteiger partial charge in [-0.15, -0.1) is 0 Å². The van der Waals surface area contributed by atoms with Crippen LogP contribution in [-0.2, 0) is 6.54 Å². The van der Waals surface area contributed by atoms with Gasteiger partial charge in [-0.05, 0) is 18.1 Å². The summed E-state index contributed by atoms with van der Waals surface area (Å²) in [6, 6.07) is 9.92. The number of rotatable bonds is 1. The van der Waals surface area contributed by atoms with E-state index in [9.17, 15) is 4.79 Å². The van der Waals surface area contributed by atoms with E-state index in [4.69, 9.17) is 0 Å². The highest BCUT2D eigenvalue weighted by molar-refractivity contribution is 7.07. The van der Waals surface area contributed by atoms with Crippen molar-refractivity contribution >= 4 is 17.4 Å². The molecular formula is C13H12N2OS. The lowest BCUT2D eigenvalue weighted by Crippen LogP contribution is -2.33. The maximum absolute atomic E-state index is 12.1. The minimum Gasteiger partial charge on any atom is -0.284 e. The van der Waals surface area contributed by atoms with Gasteiger partial charge in [-0.3, -0.25) is 14.4 Å². The zero-order valence-corrected chi connectivity index (χ0v) is 10.1. The van der Waals surface area contributed by atoms with E-state index < -0.39 is 0 Å². The molecule has 0 bridgehead atoms. The van der Waals surface area contributed by atoms with Crippen molar-refractivity contribution in [2.45, 2.75) is 13.0 Å². The smallest absolute Gasteiger partial charge is 0.270 e. The Labute approximate surface area is 102 Å². The van der Waals surface area contributed by atoms with Crippen LogP contribution in [0.2, 0.25) is 0 Å². The average molecular weight is 244 g/mol. The second kappa shape index (κ2) is 4.30. The molecule has 0 N–H and O–H groups in total. The monoisotopic (exact) mass is 244 g/mol. The van der Waals surface area contributed by atoms with Gasteiger partial charge in [-0.2, -0.15) is 0 Å². The molecule has 86 valence electrons. The highest BCUT2D eigenvalue weighted by Crippen LogP contribution is 1.98. The molecule has 2 heterocycles. The summed E-state index contributed by atoms with van der Waals surface area (Å²) >= 11 is 1.49. The summed E-state index contributed by atoms with van der Waals surface area (Å²) in [5, 5.41) is 0. The van der Waals surface area contributed by atoms with E-state index in [2.05, 4.69) is 4.99 Å². The summed E-state index contributed by atoms with van der Waals surface area (Å²) in [5.74, 6) is 0. The van der Waals surface area contributed by atoms with Crippen LogP contribution in [0.5, 0.6) is 0 Å². The van der Waals surface area contributed by atoms with E-state index in [1.54, 1.807) is 4.57 Å². The minimum absolute atomic E-state index is 0.0947. The highest BCUT2D eigenvalue weighted by atomic mass is 32.1. The Kier molecular flexibility index (Phi) is 2.65. The van der Waals surface area contributed by atoms with Crippen molar-refractivity contribution in [3.63, 3.8) is 0 Å². The number of nitrogens with zero attached hydrogens (tertiary/aromatic N) is 2. The van der Waals surface area contributed by atoms with Crippen molar-refractivity contribution in [1.29, 1.82) is 0 Å². The molecule has 3 rings (SSSR count). The van der Waals surface area contributed by atoms with Crippen LogP contribution in [0.1, 0.15) is 12.0 Å². The first-order valence-corrected chi connectivity index (χ1v) is 6.47. The van der Waals surface area contributed by atoms with Crippen molar-refractivity contribution in [2.75, 3.05) is 6.54 Å². The Morgan fingerprint density at radius 2 is 2.12 bits per heavy atom. The first kappa shape index (κ1) is 10.5. The van der Waals surface area contributed by atoms with Crippen LogP contribution in [0, 0.1) is 0 Å². The summed E-state index contributed by atoms with van der Waals surface area (Å²) in [6.45, 7) is 1.64. The van der Waals surface area contributed by atoms with Crippen molar-refractivity contribution < 1.29 is 0 Å². The van der Waals surface area contributed by atoms with Gasteiger partial charge in [0.05, 0.1) is 4.53 Å². The van der Waals surface area contributed by atoms with Gasteiger partial charge in [0.2, 0.25) is 0 Å². The predicted molar refractivity (Wildman–Crippen MR) is 68.9 cm³/mol. The largest absolute Gasteiger partial charge is 0.284 e. The maximum atomic E-state index is 12.1. The molecule has 2 aromatic rings. The molecule has 0 atom stereocenters. The first-order valence-electron chi connectivity index (χ1n) is 5.65. The summed E-state index contributed by atoms with van der Waals surface area (Å²) in [4.78, 5) is 17.3. The molecular weight excluding hydrogens is 232 g/mol. The van der Waals surface area contributed by atoms with Gasteiger partial charge in [0.25, 0.3) is 5.56 Å². The summed E-state index contributed by atoms with van der Waals surface area (Å²) in [7, 11) is 0. The molecule has 1 aliphatic rings. The molecule has 0 amide bonds. The zero-order chi connectivity index (χ0) is 11.7. The molecule has 1 aromatic heterocycles. The van der Waals surface area contributed by atoms with Crippen LogP contribution < -0.4 is 14.9 Å². The van der Waals surface area contributed by atoms with Gasteiger partial charge in [0.1, 0.15) is 0 Å². The SMILES string of the molecule is O=c1/c(=C\c2ccccc2)sc2n1CCCN=2. The predicted octanol–water partition coefficient (Wildman–Crippen LogP) is 0.762. The Hall–Kier alpha value is -1.68. The molecule has 0 unspecified atom stereocenters. The van der Waals surface area contributed by atoms with Gasteiger partial charge < -0.3 is 0 Å². The normalized spacial score (nSPS) is 15.4. The molecule has 0 spiro atoms. The van der Waals surface area contributed by atoms with Gasteiger partial charge in [-0.25, -0.2) is 0 Å². The molecule has 0 aliphatic carbocycles. The van der Waals surface area contributed by atoms with Crippen LogP contribution in [-0.4, -0.2) is 11.1 Å². The minimum atomic E-state index is 0.0947. The Balaban J connectivity index is 2.21. The van der Waals surface area contributed by atoms with Crippen molar-refractivity contribution in [2.24, 2.45) is 4.99 Å². The molecule has 1 aromatic carbocycles. The third-order valence-corrected chi connectivity index (χ3v) is 3.82. The third-order valence-electron chi connectivity index (χ3n) is 2.77. The van der Waals surface area contributed by atoms with Crippen LogP contribution in [0.4, 0.5) is 0 Å². The standard InChI is InChI=1S/C13H12N2OS/c16-12-11(9-10-5-2-1-3-6-10)17-13-14-7-4-8-15(12)13/h1-3,5-6,9H,4,7-8H2/b11-9+. The zero-order valence-electron chi connectivity index (χ0n) is 9.30. The number of benzene rings is 1. The second-order valence-electron chi connectivity index (χ2n) is 4.00. The van der Waals surface area contributed by atoms with E-state index in [0.717, 1.165) is 34.4 Å². The Morgan fingerprint density at radius 1 is 1.29 bits per heavy atom. The lowest BCUT2D eigenvalue weighted by atomic mass is 10.2. The fraction of sp³-hybridized carbons (Fsp3) is 0.231. The molecule has 17 heavy (non-hydrogen) atoms.